The summed E-state index contributed by atoms with van der Waals surface area (Å²) < 4.78 is 6.19. The van der Waals surface area contributed by atoms with Crippen molar-refractivity contribution >= 4 is 23.2 Å². The van der Waals surface area contributed by atoms with Crippen molar-refractivity contribution < 1.29 is 4.74 Å². The molecule has 2 aromatic rings. The fourth-order valence-corrected chi connectivity index (χ4v) is 2.82. The highest BCUT2D eigenvalue weighted by Crippen LogP contribution is 2.37. The molecule has 0 saturated carbocycles. The van der Waals surface area contributed by atoms with E-state index in [0.29, 0.717) is 10.1 Å². The predicted molar refractivity (Wildman–Crippen MR) is 98.9 cm³/mol. The summed E-state index contributed by atoms with van der Waals surface area (Å²) in [4.78, 5) is 0. The number of halogens is 2. The third kappa shape index (κ3) is 4.71. The zero-order valence-electron chi connectivity index (χ0n) is 13.4. The summed E-state index contributed by atoms with van der Waals surface area (Å²) in [7, 11) is 0. The Labute approximate surface area is 148 Å². The molecule has 2 unspecified atom stereocenters. The molecule has 0 bridgehead atoms. The molecule has 0 aliphatic heterocycles. The zero-order chi connectivity index (χ0) is 17.0. The summed E-state index contributed by atoms with van der Waals surface area (Å²) in [6, 6.07) is 16.0. The van der Waals surface area contributed by atoms with Crippen molar-refractivity contribution in [1.82, 2.24) is 0 Å². The Bertz CT molecular complexity index is 660. The second-order valence-corrected chi connectivity index (χ2v) is 6.59. The largest absolute Gasteiger partial charge is 0.354 e. The van der Waals surface area contributed by atoms with Gasteiger partial charge in [-0.15, -0.1) is 0 Å². The van der Waals surface area contributed by atoms with Crippen LogP contribution in [-0.4, -0.2) is 0 Å². The van der Waals surface area contributed by atoms with Gasteiger partial charge in [0.05, 0.1) is 0 Å². The highest BCUT2D eigenvalue weighted by molar-refractivity contribution is 6.30. The molecule has 0 spiro atoms. The molecule has 0 aliphatic rings. The summed E-state index contributed by atoms with van der Waals surface area (Å²) >= 11 is 12.4. The van der Waals surface area contributed by atoms with E-state index >= 15 is 0 Å². The number of hydrogen-bond acceptors (Lipinski definition) is 1. The van der Waals surface area contributed by atoms with Crippen LogP contribution in [0.1, 0.15) is 34.5 Å². The number of rotatable bonds is 6. The van der Waals surface area contributed by atoms with Crippen LogP contribution >= 0.6 is 23.2 Å². The first-order chi connectivity index (χ1) is 10.9. The number of hydrogen-bond donors (Lipinski definition) is 0. The highest BCUT2D eigenvalue weighted by atomic mass is 35.5. The fraction of sp³-hybridized carbons (Fsp3) is 0.200. The normalized spacial score (nSPS) is 13.4. The molecular weight excluding hydrogens is 327 g/mol. The van der Waals surface area contributed by atoms with Gasteiger partial charge in [0.25, 0.3) is 0 Å². The fourth-order valence-electron chi connectivity index (χ4n) is 2.47. The first-order valence-electron chi connectivity index (χ1n) is 7.35. The van der Waals surface area contributed by atoms with E-state index in [4.69, 9.17) is 27.9 Å². The van der Waals surface area contributed by atoms with Gasteiger partial charge in [-0.1, -0.05) is 96.0 Å². The minimum Gasteiger partial charge on any atom is -0.354 e. The van der Waals surface area contributed by atoms with E-state index in [-0.39, 0.29) is 0 Å². The monoisotopic (exact) mass is 346 g/mol. The summed E-state index contributed by atoms with van der Waals surface area (Å²) in [5, 5.41) is 0.817. The summed E-state index contributed by atoms with van der Waals surface area (Å²) in [5.74, 6) is 0. The van der Waals surface area contributed by atoms with E-state index in [9.17, 15) is 0 Å². The minimum atomic E-state index is -0.461. The SMILES string of the molecule is C=C(Cl)C(OC(C(=C)Cl)c1cccc(C)c1)c1cccc(C)c1. The van der Waals surface area contributed by atoms with Crippen molar-refractivity contribution in [3.05, 3.63) is 94.0 Å². The Morgan fingerprint density at radius 3 is 1.52 bits per heavy atom. The molecule has 1 nitrogen and oxygen atoms in total. The number of aryl methyl sites for hydroxylation is 2. The topological polar surface area (TPSA) is 9.23 Å². The van der Waals surface area contributed by atoms with Crippen molar-refractivity contribution in [2.75, 3.05) is 0 Å². The van der Waals surface area contributed by atoms with Gasteiger partial charge in [0.1, 0.15) is 12.2 Å². The number of ether oxygens (including phenoxy) is 1. The average molecular weight is 347 g/mol. The molecule has 0 N–H and O–H groups in total. The second-order valence-electron chi connectivity index (χ2n) is 5.62. The third-order valence-corrected chi connectivity index (χ3v) is 3.93. The van der Waals surface area contributed by atoms with Crippen molar-refractivity contribution in [3.63, 3.8) is 0 Å². The molecule has 0 aliphatic carbocycles. The molecular formula is C20H20Cl2O. The molecule has 0 amide bonds. The van der Waals surface area contributed by atoms with Crippen LogP contribution in [0.5, 0.6) is 0 Å². The molecule has 3 heteroatoms. The zero-order valence-corrected chi connectivity index (χ0v) is 14.9. The lowest BCUT2D eigenvalue weighted by atomic mass is 10.0. The Morgan fingerprint density at radius 2 is 1.22 bits per heavy atom. The van der Waals surface area contributed by atoms with Crippen LogP contribution in [0, 0.1) is 13.8 Å². The molecule has 2 atom stereocenters. The van der Waals surface area contributed by atoms with E-state index < -0.39 is 12.2 Å². The van der Waals surface area contributed by atoms with Crippen LogP contribution in [0.25, 0.3) is 0 Å². The Hall–Kier alpha value is -1.54. The van der Waals surface area contributed by atoms with Gasteiger partial charge in [-0.25, -0.2) is 0 Å². The number of benzene rings is 2. The summed E-state index contributed by atoms with van der Waals surface area (Å²) in [6.45, 7) is 11.8. The van der Waals surface area contributed by atoms with E-state index in [0.717, 1.165) is 22.3 Å². The van der Waals surface area contributed by atoms with Crippen LogP contribution in [-0.2, 0) is 4.74 Å². The van der Waals surface area contributed by atoms with Gasteiger partial charge >= 0.3 is 0 Å². The third-order valence-electron chi connectivity index (χ3n) is 3.53. The lowest BCUT2D eigenvalue weighted by Crippen LogP contribution is -2.11. The van der Waals surface area contributed by atoms with Crippen molar-refractivity contribution in [3.8, 4) is 0 Å². The van der Waals surface area contributed by atoms with Crippen molar-refractivity contribution in [1.29, 1.82) is 0 Å². The molecule has 2 rings (SSSR count). The molecule has 2 aromatic carbocycles. The van der Waals surface area contributed by atoms with Gasteiger partial charge in [-0.05, 0) is 25.0 Å². The average Bonchev–Trinajstić information content (AvgIpc) is 2.47. The summed E-state index contributed by atoms with van der Waals surface area (Å²) in [6.07, 6.45) is -0.921. The predicted octanol–water partition coefficient (Wildman–Crippen LogP) is 6.61. The molecule has 0 saturated heterocycles. The van der Waals surface area contributed by atoms with E-state index in [1.54, 1.807) is 0 Å². The molecule has 120 valence electrons. The van der Waals surface area contributed by atoms with Crippen LogP contribution in [0.4, 0.5) is 0 Å². The van der Waals surface area contributed by atoms with Crippen LogP contribution in [0.2, 0.25) is 0 Å². The molecule has 0 fully saturated rings. The standard InChI is InChI=1S/C20H20Cl2O/c1-13-7-5-9-17(11-13)19(15(3)21)23-20(16(4)22)18-10-6-8-14(2)12-18/h5-12,19-20H,3-4H2,1-2H3. The van der Waals surface area contributed by atoms with Gasteiger partial charge in [0.2, 0.25) is 0 Å². The lowest BCUT2D eigenvalue weighted by Gasteiger charge is -2.25. The van der Waals surface area contributed by atoms with Gasteiger partial charge in [0.15, 0.2) is 0 Å². The van der Waals surface area contributed by atoms with E-state index in [1.165, 1.54) is 0 Å². The molecule has 0 radical (unpaired) electrons. The smallest absolute Gasteiger partial charge is 0.119 e. The lowest BCUT2D eigenvalue weighted by molar-refractivity contribution is 0.0349. The first kappa shape index (κ1) is 17.8. The van der Waals surface area contributed by atoms with Crippen molar-refractivity contribution in [2.45, 2.75) is 26.1 Å². The molecule has 0 aromatic heterocycles. The van der Waals surface area contributed by atoms with Gasteiger partial charge in [-0.3, -0.25) is 0 Å². The van der Waals surface area contributed by atoms with Crippen LogP contribution in [0.15, 0.2) is 71.8 Å². The van der Waals surface area contributed by atoms with Gasteiger partial charge < -0.3 is 4.74 Å². The maximum atomic E-state index is 6.21. The second kappa shape index (κ2) is 7.83. The van der Waals surface area contributed by atoms with Gasteiger partial charge in [0, 0.05) is 10.1 Å². The Morgan fingerprint density at radius 1 is 0.826 bits per heavy atom. The van der Waals surface area contributed by atoms with E-state index in [2.05, 4.69) is 13.2 Å². The highest BCUT2D eigenvalue weighted by Gasteiger charge is 2.23. The quantitative estimate of drug-likeness (QED) is 0.571. The van der Waals surface area contributed by atoms with Crippen LogP contribution in [0.3, 0.4) is 0 Å². The molecule has 23 heavy (non-hydrogen) atoms. The maximum Gasteiger partial charge on any atom is 0.119 e. The summed E-state index contributed by atoms with van der Waals surface area (Å²) in [5.41, 5.74) is 4.15. The first-order valence-corrected chi connectivity index (χ1v) is 8.11. The van der Waals surface area contributed by atoms with Crippen LogP contribution < -0.4 is 0 Å². The maximum absolute atomic E-state index is 6.21. The minimum absolute atomic E-state index is 0.408. The van der Waals surface area contributed by atoms with E-state index in [1.807, 2.05) is 62.4 Å². The Kier molecular flexibility index (Phi) is 6.06. The molecule has 0 heterocycles. The van der Waals surface area contributed by atoms with Crippen molar-refractivity contribution in [2.24, 2.45) is 0 Å². The Balaban J connectivity index is 2.36. The van der Waals surface area contributed by atoms with Gasteiger partial charge in [-0.2, -0.15) is 0 Å².